The number of ether oxygens (including phenoxy) is 1. The Labute approximate surface area is 376 Å². The molecule has 63 heavy (non-hydrogen) atoms. The maximum absolute atomic E-state index is 7.36. The number of nitrogens with zero attached hydrogens (tertiary/aromatic N) is 3. The van der Waals surface area contributed by atoms with Crippen molar-refractivity contribution in [1.29, 1.82) is 0 Å². The quantitative estimate of drug-likeness (QED) is 0.165. The molecule has 0 aliphatic carbocycles. The molecule has 0 unspecified atom stereocenters. The van der Waals surface area contributed by atoms with Gasteiger partial charge in [0.25, 0.3) is 13.4 Å². The first kappa shape index (κ1) is 38.1. The summed E-state index contributed by atoms with van der Waals surface area (Å²) in [5, 5.41) is 0.715. The number of benzene rings is 8. The molecule has 4 nitrogen and oxygen atoms in total. The van der Waals surface area contributed by atoms with E-state index in [1.807, 2.05) is 0 Å². The molecule has 0 spiro atoms. The van der Waals surface area contributed by atoms with E-state index in [9.17, 15) is 0 Å². The van der Waals surface area contributed by atoms with Crippen molar-refractivity contribution in [3.05, 3.63) is 186 Å². The van der Waals surface area contributed by atoms with Gasteiger partial charge in [0.15, 0.2) is 0 Å². The van der Waals surface area contributed by atoms with Crippen LogP contribution in [0.2, 0.25) is 5.02 Å². The Morgan fingerprint density at radius 3 is 1.41 bits per heavy atom. The second kappa shape index (κ2) is 13.7. The third kappa shape index (κ3) is 5.77. The largest absolute Gasteiger partial charge is 0.458 e. The molecule has 0 fully saturated rings. The maximum Gasteiger partial charge on any atom is 0.256 e. The highest BCUT2D eigenvalue weighted by molar-refractivity contribution is 7.02. The highest BCUT2D eigenvalue weighted by Gasteiger charge is 2.48. The Balaban J connectivity index is 1.18. The minimum Gasteiger partial charge on any atom is -0.458 e. The standard InChI is InChI=1S/C56H46B2ClN3O/c1-55(2,3)35-28-48-53-49(29-35)62(40-22-14-9-15-23-40)47-34-51-44(33-43(47)57(53)42-27-26-37(59)32-46(42)61(48)39-20-12-8-13-21-39)58-41-24-16-17-25-45(41)60(38-18-10-7-11-19-38)50-30-36(56(4,5)6)31-52(63-51)54(50)58/h7-34H,1-6H3. The number of anilines is 9. The van der Waals surface area contributed by atoms with Crippen LogP contribution in [-0.2, 0) is 10.8 Å². The van der Waals surface area contributed by atoms with E-state index in [2.05, 4.69) is 226 Å². The van der Waals surface area contributed by atoms with Crippen LogP contribution in [0.5, 0.6) is 11.5 Å². The molecule has 4 heterocycles. The Kier molecular flexibility index (Phi) is 8.28. The van der Waals surface area contributed by atoms with E-state index >= 15 is 0 Å². The SMILES string of the molecule is CC(C)(C)c1cc2c3c(c1)N(c1ccccc1)c1ccccc1B3c1cc3c(cc1O2)N(c1ccccc1)c1cc(C(C)(C)C)cc2c1B3c1ccc(Cl)cc1N2c1ccccc1. The van der Waals surface area contributed by atoms with Gasteiger partial charge in [0.1, 0.15) is 11.5 Å². The minimum atomic E-state index is -0.131. The Morgan fingerprint density at radius 1 is 0.381 bits per heavy atom. The number of hydrogen-bond donors (Lipinski definition) is 0. The van der Waals surface area contributed by atoms with Gasteiger partial charge in [0, 0.05) is 62.3 Å². The monoisotopic (exact) mass is 833 g/mol. The van der Waals surface area contributed by atoms with Crippen molar-refractivity contribution in [3.63, 3.8) is 0 Å². The lowest BCUT2D eigenvalue weighted by Gasteiger charge is -2.46. The molecule has 8 aromatic carbocycles. The molecule has 7 heteroatoms. The first-order valence-electron chi connectivity index (χ1n) is 22.1. The van der Waals surface area contributed by atoms with E-state index in [4.69, 9.17) is 16.3 Å². The lowest BCUT2D eigenvalue weighted by Crippen LogP contribution is -2.64. The molecule has 4 aliphatic heterocycles. The lowest BCUT2D eigenvalue weighted by molar-refractivity contribution is 0.483. The molecule has 0 radical (unpaired) electrons. The fourth-order valence-corrected chi connectivity index (χ4v) is 10.8. The zero-order valence-electron chi connectivity index (χ0n) is 36.4. The van der Waals surface area contributed by atoms with Crippen LogP contribution in [0.3, 0.4) is 0 Å². The summed E-state index contributed by atoms with van der Waals surface area (Å²) in [4.78, 5) is 7.37. The topological polar surface area (TPSA) is 19.0 Å². The summed E-state index contributed by atoms with van der Waals surface area (Å²) in [6.07, 6.45) is 0. The first-order chi connectivity index (χ1) is 30.4. The van der Waals surface area contributed by atoms with Gasteiger partial charge in [-0.25, -0.2) is 0 Å². The molecule has 0 bridgehead atoms. The Bertz CT molecular complexity index is 3160. The smallest absolute Gasteiger partial charge is 0.256 e. The van der Waals surface area contributed by atoms with Crippen LogP contribution in [0.4, 0.5) is 51.2 Å². The lowest BCUT2D eigenvalue weighted by atomic mass is 9.30. The second-order valence-electron chi connectivity index (χ2n) is 19.5. The summed E-state index contributed by atoms with van der Waals surface area (Å²) in [6.45, 7) is 13.7. The van der Waals surface area contributed by atoms with E-state index in [0.29, 0.717) is 5.02 Å². The van der Waals surface area contributed by atoms with Gasteiger partial charge in [-0.1, -0.05) is 138 Å². The molecule has 4 aliphatic rings. The van der Waals surface area contributed by atoms with Gasteiger partial charge < -0.3 is 19.4 Å². The highest BCUT2D eigenvalue weighted by atomic mass is 35.5. The van der Waals surface area contributed by atoms with Crippen molar-refractivity contribution in [2.24, 2.45) is 0 Å². The van der Waals surface area contributed by atoms with Crippen molar-refractivity contribution in [2.45, 2.75) is 52.4 Å². The van der Waals surface area contributed by atoms with Gasteiger partial charge >= 0.3 is 0 Å². The fraction of sp³-hybridized carbons (Fsp3) is 0.143. The third-order valence-corrected chi connectivity index (χ3v) is 13.8. The van der Waals surface area contributed by atoms with Crippen LogP contribution < -0.4 is 52.2 Å². The fourth-order valence-electron chi connectivity index (χ4n) is 10.6. The van der Waals surface area contributed by atoms with Gasteiger partial charge in [0.05, 0.1) is 0 Å². The second-order valence-corrected chi connectivity index (χ2v) is 20.0. The zero-order valence-corrected chi connectivity index (χ0v) is 37.2. The molecular weight excluding hydrogens is 788 g/mol. The summed E-state index contributed by atoms with van der Waals surface area (Å²) < 4.78 is 7.36. The molecule has 304 valence electrons. The Hall–Kier alpha value is -6.62. The molecule has 8 aromatic rings. The van der Waals surface area contributed by atoms with Crippen LogP contribution in [0.15, 0.2) is 170 Å². The van der Waals surface area contributed by atoms with Crippen molar-refractivity contribution in [3.8, 4) is 11.5 Å². The van der Waals surface area contributed by atoms with Gasteiger partial charge in [-0.15, -0.1) is 0 Å². The predicted molar refractivity (Wildman–Crippen MR) is 269 cm³/mol. The first-order valence-corrected chi connectivity index (χ1v) is 22.5. The van der Waals surface area contributed by atoms with Crippen LogP contribution in [0.1, 0.15) is 52.7 Å². The van der Waals surface area contributed by atoms with Crippen LogP contribution in [0.25, 0.3) is 0 Å². The maximum atomic E-state index is 7.36. The van der Waals surface area contributed by atoms with Crippen LogP contribution in [-0.4, -0.2) is 13.4 Å². The van der Waals surface area contributed by atoms with Gasteiger partial charge in [-0.2, -0.15) is 0 Å². The number of fused-ring (bicyclic) bond motifs is 8. The molecule has 12 rings (SSSR count). The van der Waals surface area contributed by atoms with E-state index in [-0.39, 0.29) is 24.3 Å². The number of para-hydroxylation sites is 4. The van der Waals surface area contributed by atoms with Crippen LogP contribution >= 0.6 is 11.6 Å². The van der Waals surface area contributed by atoms with E-state index in [1.54, 1.807) is 0 Å². The summed E-state index contributed by atoms with van der Waals surface area (Å²) in [6, 6.07) is 62.3. The number of hydrogen-bond acceptors (Lipinski definition) is 4. The normalized spacial score (nSPS) is 14.2. The summed E-state index contributed by atoms with van der Waals surface area (Å²) >= 11 is 6.99. The average Bonchev–Trinajstić information content (AvgIpc) is 3.28. The van der Waals surface area contributed by atoms with Crippen molar-refractivity contribution < 1.29 is 4.74 Å². The third-order valence-electron chi connectivity index (χ3n) is 13.6. The summed E-state index contributed by atoms with van der Waals surface area (Å²) in [5.74, 6) is 1.81. The number of rotatable bonds is 3. The highest BCUT2D eigenvalue weighted by Crippen LogP contribution is 2.48. The summed E-state index contributed by atoms with van der Waals surface area (Å²) in [5.41, 5.74) is 19.9. The number of halogens is 1. The van der Waals surface area contributed by atoms with E-state index < -0.39 is 0 Å². The van der Waals surface area contributed by atoms with E-state index in [0.717, 1.165) is 39.9 Å². The van der Waals surface area contributed by atoms with Gasteiger partial charge in [-0.05, 0) is 134 Å². The molecule has 0 atom stereocenters. The molecular formula is C56H46B2ClN3O. The van der Waals surface area contributed by atoms with E-state index in [1.165, 1.54) is 66.7 Å². The van der Waals surface area contributed by atoms with Crippen molar-refractivity contribution >= 4 is 109 Å². The zero-order chi connectivity index (χ0) is 42.9. The van der Waals surface area contributed by atoms with Gasteiger partial charge in [-0.3, -0.25) is 0 Å². The Morgan fingerprint density at radius 2 is 0.841 bits per heavy atom. The predicted octanol–water partition coefficient (Wildman–Crippen LogP) is 11.4. The minimum absolute atomic E-state index is 0.0577. The van der Waals surface area contributed by atoms with Gasteiger partial charge in [0.2, 0.25) is 0 Å². The molecule has 0 saturated heterocycles. The van der Waals surface area contributed by atoms with Crippen LogP contribution in [0, 0.1) is 0 Å². The van der Waals surface area contributed by atoms with Crippen molar-refractivity contribution in [2.75, 3.05) is 14.7 Å². The molecule has 0 N–H and O–H groups in total. The molecule has 0 saturated carbocycles. The molecule has 0 amide bonds. The average molecular weight is 834 g/mol. The summed E-state index contributed by atoms with van der Waals surface area (Å²) in [7, 11) is 0. The van der Waals surface area contributed by atoms with Crippen molar-refractivity contribution in [1.82, 2.24) is 0 Å². The molecule has 0 aromatic heterocycles.